The van der Waals surface area contributed by atoms with Gasteiger partial charge >= 0.3 is 5.97 Å². The van der Waals surface area contributed by atoms with Crippen molar-refractivity contribution >= 4 is 29.2 Å². The fourth-order valence-corrected chi connectivity index (χ4v) is 1.70. The minimum absolute atomic E-state index is 0.145. The number of amides is 1. The molecule has 0 heterocycles. The van der Waals surface area contributed by atoms with Crippen molar-refractivity contribution < 1.29 is 14.3 Å². The number of ether oxygens (including phenoxy) is 1. The van der Waals surface area contributed by atoms with Gasteiger partial charge in [-0.2, -0.15) is 0 Å². The molecule has 1 aromatic rings. The Morgan fingerprint density at radius 2 is 2.05 bits per heavy atom. The summed E-state index contributed by atoms with van der Waals surface area (Å²) in [6.45, 7) is 7.27. The van der Waals surface area contributed by atoms with Gasteiger partial charge in [-0.05, 0) is 45.4 Å². The number of hydrogen-bond donors (Lipinski definition) is 2. The van der Waals surface area contributed by atoms with Crippen molar-refractivity contribution in [3.8, 4) is 0 Å². The maximum atomic E-state index is 12.0. The van der Waals surface area contributed by atoms with Gasteiger partial charge in [0.05, 0.1) is 10.6 Å². The molecule has 0 spiro atoms. The van der Waals surface area contributed by atoms with Crippen molar-refractivity contribution in [1.29, 1.82) is 0 Å². The SMILES string of the molecule is CCC(C)(C)NC(=O)C(C)OC(=O)c1cc(N)ccc1Cl. The molecule has 1 amide bonds. The predicted octanol–water partition coefficient (Wildman–Crippen LogP) is 2.77. The number of nitrogens with two attached hydrogens (primary N) is 1. The number of hydrogen-bond acceptors (Lipinski definition) is 4. The second-order valence-electron chi connectivity index (χ2n) is 5.51. The molecule has 1 aromatic carbocycles. The molecule has 0 aromatic heterocycles. The molecule has 0 saturated heterocycles. The minimum atomic E-state index is -0.916. The van der Waals surface area contributed by atoms with Gasteiger partial charge in [-0.3, -0.25) is 4.79 Å². The number of rotatable bonds is 5. The topological polar surface area (TPSA) is 81.4 Å². The van der Waals surface area contributed by atoms with Crippen LogP contribution in [0.5, 0.6) is 0 Å². The lowest BCUT2D eigenvalue weighted by molar-refractivity contribution is -0.130. The Balaban J connectivity index is 2.74. The van der Waals surface area contributed by atoms with Crippen LogP contribution < -0.4 is 11.1 Å². The molecule has 0 aliphatic carbocycles. The van der Waals surface area contributed by atoms with Gasteiger partial charge in [-0.1, -0.05) is 18.5 Å². The van der Waals surface area contributed by atoms with Gasteiger partial charge in [0.2, 0.25) is 0 Å². The molecular formula is C15H21ClN2O3. The lowest BCUT2D eigenvalue weighted by Crippen LogP contribution is -2.47. The van der Waals surface area contributed by atoms with Crippen LogP contribution in [0.4, 0.5) is 5.69 Å². The van der Waals surface area contributed by atoms with Gasteiger partial charge < -0.3 is 15.8 Å². The highest BCUT2D eigenvalue weighted by Gasteiger charge is 2.25. The number of nitrogen functional groups attached to an aromatic ring is 1. The van der Waals surface area contributed by atoms with Gasteiger partial charge in [0, 0.05) is 11.2 Å². The van der Waals surface area contributed by atoms with Crippen molar-refractivity contribution in [3.05, 3.63) is 28.8 Å². The zero-order valence-electron chi connectivity index (χ0n) is 12.7. The predicted molar refractivity (Wildman–Crippen MR) is 83.3 cm³/mol. The first-order valence-electron chi connectivity index (χ1n) is 6.74. The Kier molecular flexibility index (Phi) is 5.61. The summed E-state index contributed by atoms with van der Waals surface area (Å²) in [6, 6.07) is 4.52. The first-order chi connectivity index (χ1) is 9.66. The Bertz CT molecular complexity index is 544. The fraction of sp³-hybridized carbons (Fsp3) is 0.467. The summed E-state index contributed by atoms with van der Waals surface area (Å²) in [5.41, 5.74) is 5.80. The standard InChI is InChI=1S/C15H21ClN2O3/c1-5-15(3,4)18-13(19)9(2)21-14(20)11-8-10(17)6-7-12(11)16/h6-9H,5,17H2,1-4H3,(H,18,19). The number of halogens is 1. The molecule has 0 fully saturated rings. The molecule has 5 nitrogen and oxygen atoms in total. The third-order valence-corrected chi connectivity index (χ3v) is 3.54. The van der Waals surface area contributed by atoms with Crippen LogP contribution in [0.1, 0.15) is 44.5 Å². The molecule has 21 heavy (non-hydrogen) atoms. The Labute approximate surface area is 129 Å². The van der Waals surface area contributed by atoms with Crippen LogP contribution in [0.2, 0.25) is 5.02 Å². The van der Waals surface area contributed by atoms with Crippen molar-refractivity contribution in [2.45, 2.75) is 45.8 Å². The van der Waals surface area contributed by atoms with Gasteiger partial charge in [0.25, 0.3) is 5.91 Å². The van der Waals surface area contributed by atoms with Crippen LogP contribution >= 0.6 is 11.6 Å². The summed E-state index contributed by atoms with van der Waals surface area (Å²) >= 11 is 5.93. The van der Waals surface area contributed by atoms with E-state index in [9.17, 15) is 9.59 Å². The summed E-state index contributed by atoms with van der Waals surface area (Å²) in [4.78, 5) is 24.0. The normalized spacial score (nSPS) is 12.6. The average Bonchev–Trinajstić information content (AvgIpc) is 2.40. The molecule has 3 N–H and O–H groups in total. The van der Waals surface area contributed by atoms with Crippen LogP contribution in [0.3, 0.4) is 0 Å². The quantitative estimate of drug-likeness (QED) is 0.647. The maximum Gasteiger partial charge on any atom is 0.340 e. The lowest BCUT2D eigenvalue weighted by atomic mass is 10.0. The van der Waals surface area contributed by atoms with Crippen molar-refractivity contribution in [2.75, 3.05) is 5.73 Å². The highest BCUT2D eigenvalue weighted by Crippen LogP contribution is 2.20. The molecule has 1 atom stereocenters. The highest BCUT2D eigenvalue weighted by atomic mass is 35.5. The number of esters is 1. The zero-order valence-corrected chi connectivity index (χ0v) is 13.5. The minimum Gasteiger partial charge on any atom is -0.449 e. The number of anilines is 1. The third-order valence-electron chi connectivity index (χ3n) is 3.21. The number of carbonyl (C=O) groups is 2. The van der Waals surface area contributed by atoms with E-state index in [0.717, 1.165) is 6.42 Å². The molecule has 0 bridgehead atoms. The van der Waals surface area contributed by atoms with Gasteiger partial charge in [-0.15, -0.1) is 0 Å². The lowest BCUT2D eigenvalue weighted by Gasteiger charge is -2.26. The van der Waals surface area contributed by atoms with Crippen LogP contribution in [0.15, 0.2) is 18.2 Å². The van der Waals surface area contributed by atoms with Crippen molar-refractivity contribution in [3.63, 3.8) is 0 Å². The fourth-order valence-electron chi connectivity index (χ4n) is 1.50. The zero-order chi connectivity index (χ0) is 16.2. The molecule has 0 radical (unpaired) electrons. The second kappa shape index (κ2) is 6.80. The largest absolute Gasteiger partial charge is 0.449 e. The summed E-state index contributed by atoms with van der Waals surface area (Å²) in [6.07, 6.45) is -0.152. The molecule has 116 valence electrons. The Morgan fingerprint density at radius 1 is 1.43 bits per heavy atom. The van der Waals surface area contributed by atoms with Gasteiger partial charge in [0.1, 0.15) is 0 Å². The molecule has 0 saturated carbocycles. The molecule has 0 aliphatic rings. The summed E-state index contributed by atoms with van der Waals surface area (Å²) in [5, 5.41) is 3.05. The third kappa shape index (κ3) is 4.93. The summed E-state index contributed by atoms with van der Waals surface area (Å²) < 4.78 is 5.13. The number of benzene rings is 1. The van der Waals surface area contributed by atoms with E-state index in [1.807, 2.05) is 20.8 Å². The monoisotopic (exact) mass is 312 g/mol. The van der Waals surface area contributed by atoms with Gasteiger partial charge in [-0.25, -0.2) is 4.79 Å². The molecule has 1 unspecified atom stereocenters. The molecular weight excluding hydrogens is 292 g/mol. The second-order valence-corrected chi connectivity index (χ2v) is 5.92. The van der Waals surface area contributed by atoms with E-state index in [4.69, 9.17) is 22.1 Å². The first-order valence-corrected chi connectivity index (χ1v) is 7.12. The van der Waals surface area contributed by atoms with E-state index >= 15 is 0 Å². The molecule has 0 aliphatic heterocycles. The van der Waals surface area contributed by atoms with Crippen LogP contribution in [0, 0.1) is 0 Å². The average molecular weight is 313 g/mol. The van der Waals surface area contributed by atoms with E-state index in [-0.39, 0.29) is 22.0 Å². The van der Waals surface area contributed by atoms with E-state index in [1.54, 1.807) is 6.07 Å². The molecule has 1 rings (SSSR count). The smallest absolute Gasteiger partial charge is 0.340 e. The van der Waals surface area contributed by atoms with Gasteiger partial charge in [0.15, 0.2) is 6.10 Å². The van der Waals surface area contributed by atoms with Crippen LogP contribution in [-0.4, -0.2) is 23.5 Å². The Morgan fingerprint density at radius 3 is 2.62 bits per heavy atom. The number of carbonyl (C=O) groups excluding carboxylic acids is 2. The highest BCUT2D eigenvalue weighted by molar-refractivity contribution is 6.33. The van der Waals surface area contributed by atoms with E-state index in [0.29, 0.717) is 5.69 Å². The summed E-state index contributed by atoms with van der Waals surface area (Å²) in [5.74, 6) is -1.03. The van der Waals surface area contributed by atoms with Crippen LogP contribution in [-0.2, 0) is 9.53 Å². The summed E-state index contributed by atoms with van der Waals surface area (Å²) in [7, 11) is 0. The molecule has 6 heteroatoms. The van der Waals surface area contributed by atoms with E-state index in [2.05, 4.69) is 5.32 Å². The van der Waals surface area contributed by atoms with E-state index in [1.165, 1.54) is 19.1 Å². The van der Waals surface area contributed by atoms with Crippen molar-refractivity contribution in [1.82, 2.24) is 5.32 Å². The first kappa shape index (κ1) is 17.3. The maximum absolute atomic E-state index is 12.0. The Hall–Kier alpha value is -1.75. The number of nitrogens with one attached hydrogen (secondary N) is 1. The van der Waals surface area contributed by atoms with E-state index < -0.39 is 12.1 Å². The van der Waals surface area contributed by atoms with Crippen molar-refractivity contribution in [2.24, 2.45) is 0 Å². The van der Waals surface area contributed by atoms with Crippen LogP contribution in [0.25, 0.3) is 0 Å².